The monoisotopic (exact) mass is 419 g/mol. The largest absolute Gasteiger partial charge is 0.497 e. The van der Waals surface area contributed by atoms with E-state index >= 15 is 0 Å². The maximum absolute atomic E-state index is 12.8. The van der Waals surface area contributed by atoms with Crippen molar-refractivity contribution in [1.82, 2.24) is 10.3 Å². The van der Waals surface area contributed by atoms with E-state index in [-0.39, 0.29) is 23.1 Å². The second-order valence-electron chi connectivity index (χ2n) is 6.85. The van der Waals surface area contributed by atoms with Gasteiger partial charge in [0.25, 0.3) is 0 Å². The molecule has 6 nitrogen and oxygen atoms in total. The van der Waals surface area contributed by atoms with E-state index < -0.39 is 0 Å². The van der Waals surface area contributed by atoms with Crippen LogP contribution in [0.15, 0.2) is 73.1 Å². The lowest BCUT2D eigenvalue weighted by Crippen LogP contribution is -2.38. The van der Waals surface area contributed by atoms with Crippen LogP contribution in [-0.2, 0) is 4.79 Å². The van der Waals surface area contributed by atoms with Crippen molar-refractivity contribution in [3.63, 3.8) is 0 Å². The van der Waals surface area contributed by atoms with Gasteiger partial charge in [-0.15, -0.1) is 11.8 Å². The molecule has 2 unspecified atom stereocenters. The van der Waals surface area contributed by atoms with Gasteiger partial charge in [0, 0.05) is 35.0 Å². The summed E-state index contributed by atoms with van der Waals surface area (Å²) in [5, 5.41) is 6.29. The highest BCUT2D eigenvalue weighted by molar-refractivity contribution is 7.99. The van der Waals surface area contributed by atoms with Crippen LogP contribution < -0.4 is 15.4 Å². The summed E-state index contributed by atoms with van der Waals surface area (Å²) in [6.07, 6.45) is 3.53. The van der Waals surface area contributed by atoms with Crippen LogP contribution in [0.4, 0.5) is 5.69 Å². The van der Waals surface area contributed by atoms with Crippen LogP contribution in [-0.4, -0.2) is 35.6 Å². The molecule has 0 radical (unpaired) electrons. The summed E-state index contributed by atoms with van der Waals surface area (Å²) >= 11 is 1.67. The van der Waals surface area contributed by atoms with Gasteiger partial charge in [0.2, 0.25) is 5.91 Å². The Bertz CT molecular complexity index is 1040. The smallest absolute Gasteiger partial charge is 0.242 e. The normalized spacial score (nSPS) is 18.0. The molecule has 1 aromatic heterocycles. The summed E-state index contributed by atoms with van der Waals surface area (Å²) in [7, 11) is 1.58. The first-order valence-corrected chi connectivity index (χ1v) is 10.6. The molecule has 0 aliphatic carbocycles. The maximum atomic E-state index is 12.8. The van der Waals surface area contributed by atoms with E-state index in [1.807, 2.05) is 12.1 Å². The summed E-state index contributed by atoms with van der Waals surface area (Å²) in [4.78, 5) is 29.6. The number of carbonyl (C=O) groups excluding carboxylic acids is 2. The van der Waals surface area contributed by atoms with Crippen molar-refractivity contribution in [2.75, 3.05) is 18.2 Å². The number of nitrogens with one attached hydrogen (secondary N) is 2. The summed E-state index contributed by atoms with van der Waals surface area (Å²) in [6, 6.07) is 17.5. The number of benzene rings is 2. The van der Waals surface area contributed by atoms with Gasteiger partial charge in [0.05, 0.1) is 18.5 Å². The number of nitrogens with zero attached hydrogens (tertiary/aromatic N) is 1. The maximum Gasteiger partial charge on any atom is 0.242 e. The molecule has 2 N–H and O–H groups in total. The summed E-state index contributed by atoms with van der Waals surface area (Å²) < 4.78 is 5.13. The van der Waals surface area contributed by atoms with E-state index in [0.29, 0.717) is 28.3 Å². The molecule has 7 heteroatoms. The summed E-state index contributed by atoms with van der Waals surface area (Å²) in [5.41, 5.74) is 2.72. The number of aromatic nitrogens is 1. The van der Waals surface area contributed by atoms with Crippen LogP contribution in [0.3, 0.4) is 0 Å². The number of methoxy groups -OCH3 is 1. The number of ketones is 1. The van der Waals surface area contributed by atoms with E-state index in [2.05, 4.69) is 15.6 Å². The third kappa shape index (κ3) is 4.53. The summed E-state index contributed by atoms with van der Waals surface area (Å²) in [5.74, 6) is 1.12. The molecule has 2 aromatic carbocycles. The third-order valence-electron chi connectivity index (χ3n) is 4.83. The fourth-order valence-electron chi connectivity index (χ4n) is 3.22. The second-order valence-corrected chi connectivity index (χ2v) is 7.98. The summed E-state index contributed by atoms with van der Waals surface area (Å²) in [6.45, 7) is 0. The Kier molecular flexibility index (Phi) is 6.11. The van der Waals surface area contributed by atoms with E-state index in [1.165, 1.54) is 0 Å². The molecule has 1 fully saturated rings. The molecular weight excluding hydrogens is 398 g/mol. The Morgan fingerprint density at radius 1 is 1.10 bits per heavy atom. The third-order valence-corrected chi connectivity index (χ3v) is 6.10. The number of carbonyl (C=O) groups is 2. The fourth-order valence-corrected chi connectivity index (χ4v) is 4.45. The first-order valence-electron chi connectivity index (χ1n) is 9.51. The molecule has 1 aliphatic heterocycles. The van der Waals surface area contributed by atoms with Crippen LogP contribution in [0.2, 0.25) is 0 Å². The Morgan fingerprint density at radius 3 is 2.67 bits per heavy atom. The second kappa shape index (κ2) is 9.11. The van der Waals surface area contributed by atoms with Crippen molar-refractivity contribution < 1.29 is 14.3 Å². The lowest BCUT2D eigenvalue weighted by molar-refractivity contribution is -0.117. The molecule has 2 heterocycles. The van der Waals surface area contributed by atoms with Gasteiger partial charge in [-0.25, -0.2) is 0 Å². The van der Waals surface area contributed by atoms with Crippen molar-refractivity contribution in [3.8, 4) is 5.75 Å². The molecule has 4 rings (SSSR count). The highest BCUT2D eigenvalue weighted by Crippen LogP contribution is 2.32. The average molecular weight is 420 g/mol. The minimum absolute atomic E-state index is 0.0393. The number of pyridine rings is 1. The van der Waals surface area contributed by atoms with Gasteiger partial charge in [0.1, 0.15) is 5.75 Å². The lowest BCUT2D eigenvalue weighted by Gasteiger charge is -2.14. The van der Waals surface area contributed by atoms with Crippen LogP contribution in [0, 0.1) is 0 Å². The zero-order chi connectivity index (χ0) is 20.9. The molecule has 152 valence electrons. The van der Waals surface area contributed by atoms with Gasteiger partial charge in [-0.3, -0.25) is 19.9 Å². The molecule has 2 atom stereocenters. The average Bonchev–Trinajstić information content (AvgIpc) is 3.30. The number of anilines is 1. The predicted molar refractivity (Wildman–Crippen MR) is 118 cm³/mol. The van der Waals surface area contributed by atoms with Crippen LogP contribution in [0.5, 0.6) is 5.75 Å². The Hall–Kier alpha value is -3.16. The van der Waals surface area contributed by atoms with Gasteiger partial charge in [0.15, 0.2) is 5.78 Å². The van der Waals surface area contributed by atoms with E-state index in [9.17, 15) is 9.59 Å². The van der Waals surface area contributed by atoms with Gasteiger partial charge < -0.3 is 10.1 Å². The van der Waals surface area contributed by atoms with Crippen molar-refractivity contribution in [3.05, 3.63) is 89.7 Å². The predicted octanol–water partition coefficient (Wildman–Crippen LogP) is 3.66. The molecule has 3 aromatic rings. The van der Waals surface area contributed by atoms with Crippen molar-refractivity contribution in [1.29, 1.82) is 0 Å². The first kappa shape index (κ1) is 20.1. The van der Waals surface area contributed by atoms with Gasteiger partial charge in [-0.2, -0.15) is 0 Å². The van der Waals surface area contributed by atoms with Gasteiger partial charge >= 0.3 is 0 Å². The fraction of sp³-hybridized carbons (Fsp3) is 0.174. The van der Waals surface area contributed by atoms with Crippen molar-refractivity contribution >= 4 is 29.1 Å². The van der Waals surface area contributed by atoms with Gasteiger partial charge in [-0.05, 0) is 48.0 Å². The molecule has 1 amide bonds. The quantitative estimate of drug-likeness (QED) is 0.594. The number of amides is 1. The minimum Gasteiger partial charge on any atom is -0.497 e. The first-order chi connectivity index (χ1) is 14.6. The highest BCUT2D eigenvalue weighted by atomic mass is 32.2. The Labute approximate surface area is 179 Å². The highest BCUT2D eigenvalue weighted by Gasteiger charge is 2.30. The van der Waals surface area contributed by atoms with E-state index in [4.69, 9.17) is 4.74 Å². The number of hydrogen-bond donors (Lipinski definition) is 2. The van der Waals surface area contributed by atoms with Crippen LogP contribution >= 0.6 is 11.8 Å². The number of hydrogen-bond acceptors (Lipinski definition) is 6. The Balaban J connectivity index is 1.41. The molecule has 0 bridgehead atoms. The molecule has 0 spiro atoms. The zero-order valence-corrected chi connectivity index (χ0v) is 17.2. The van der Waals surface area contributed by atoms with Crippen LogP contribution in [0.25, 0.3) is 0 Å². The molecule has 0 saturated carbocycles. The lowest BCUT2D eigenvalue weighted by atomic mass is 10.0. The van der Waals surface area contributed by atoms with Crippen LogP contribution in [0.1, 0.15) is 26.9 Å². The van der Waals surface area contributed by atoms with E-state index in [1.54, 1.807) is 79.8 Å². The standard InChI is InChI=1S/C23H21N3O3S/c1-29-19-9-7-15(8-10-19)21(27)16-4-2-6-18(12-16)25-22(28)20-14-30-23(26-20)17-5-3-11-24-13-17/h2-13,20,23,26H,14H2,1H3,(H,25,28). The Morgan fingerprint density at radius 2 is 1.93 bits per heavy atom. The molecule has 30 heavy (non-hydrogen) atoms. The molecular formula is C23H21N3O3S. The number of rotatable bonds is 6. The van der Waals surface area contributed by atoms with Crippen molar-refractivity contribution in [2.45, 2.75) is 11.4 Å². The molecule has 1 saturated heterocycles. The molecule has 1 aliphatic rings. The number of thioether (sulfide) groups is 1. The van der Waals surface area contributed by atoms with Gasteiger partial charge in [-0.1, -0.05) is 18.2 Å². The van der Waals surface area contributed by atoms with E-state index in [0.717, 1.165) is 5.56 Å². The topological polar surface area (TPSA) is 80.3 Å². The minimum atomic E-state index is -0.318. The zero-order valence-electron chi connectivity index (χ0n) is 16.4. The van der Waals surface area contributed by atoms with Crippen molar-refractivity contribution in [2.24, 2.45) is 0 Å². The number of ether oxygens (including phenoxy) is 1. The SMILES string of the molecule is COc1ccc(C(=O)c2cccc(NC(=O)C3CSC(c4cccnc4)N3)c2)cc1.